The summed E-state index contributed by atoms with van der Waals surface area (Å²) in [6.45, 7) is 5.77. The Hall–Kier alpha value is -0.570. The number of hydrogen-bond donors (Lipinski definition) is 2. The van der Waals surface area contributed by atoms with Crippen molar-refractivity contribution in [1.82, 2.24) is 0 Å². The van der Waals surface area contributed by atoms with Crippen LogP contribution in [-0.4, -0.2) is 22.3 Å². The van der Waals surface area contributed by atoms with Crippen molar-refractivity contribution in [3.8, 4) is 0 Å². The molecule has 2 atom stereocenters. The van der Waals surface area contributed by atoms with Gasteiger partial charge >= 0.3 is 5.97 Å². The second-order valence-corrected chi connectivity index (χ2v) is 5.11. The zero-order chi connectivity index (χ0) is 10.3. The van der Waals surface area contributed by atoms with Crippen LogP contribution < -0.4 is 0 Å². The van der Waals surface area contributed by atoms with Crippen molar-refractivity contribution in [3.63, 3.8) is 0 Å². The Labute approximate surface area is 78.8 Å². The first-order valence-corrected chi connectivity index (χ1v) is 4.69. The number of carboxylic acid groups (broad SMARTS) is 1. The number of carbonyl (C=O) groups is 1. The van der Waals surface area contributed by atoms with Crippen LogP contribution in [0.1, 0.15) is 40.0 Å². The maximum absolute atomic E-state index is 10.9. The Morgan fingerprint density at radius 3 is 2.23 bits per heavy atom. The minimum atomic E-state index is -0.935. The summed E-state index contributed by atoms with van der Waals surface area (Å²) in [5.41, 5.74) is -0.857. The summed E-state index contributed by atoms with van der Waals surface area (Å²) in [4.78, 5) is 10.9. The Morgan fingerprint density at radius 2 is 1.85 bits per heavy atom. The van der Waals surface area contributed by atoms with Crippen LogP contribution in [0.5, 0.6) is 0 Å². The predicted octanol–water partition coefficient (Wildman–Crippen LogP) is 1.65. The summed E-state index contributed by atoms with van der Waals surface area (Å²) in [6.07, 6.45) is 1.30. The second kappa shape index (κ2) is 2.98. The first kappa shape index (κ1) is 10.5. The standard InChI is InChI=1S/C10H18O3/c1-9(2)4-5-10(3,8(12)13)7(11)6-9/h7,11H,4-6H2,1-3H3,(H,12,13)/t7-,10-/m1/s1. The minimum Gasteiger partial charge on any atom is -0.481 e. The molecule has 3 nitrogen and oxygen atoms in total. The molecule has 1 rings (SSSR count). The van der Waals surface area contributed by atoms with E-state index in [0.717, 1.165) is 6.42 Å². The molecule has 13 heavy (non-hydrogen) atoms. The van der Waals surface area contributed by atoms with Crippen LogP contribution in [0, 0.1) is 10.8 Å². The molecule has 2 N–H and O–H groups in total. The Morgan fingerprint density at radius 1 is 1.31 bits per heavy atom. The molecular formula is C10H18O3. The molecule has 0 spiro atoms. The van der Waals surface area contributed by atoms with E-state index in [-0.39, 0.29) is 5.41 Å². The average molecular weight is 186 g/mol. The molecule has 0 aromatic carbocycles. The van der Waals surface area contributed by atoms with E-state index >= 15 is 0 Å². The molecular weight excluding hydrogens is 168 g/mol. The van der Waals surface area contributed by atoms with Gasteiger partial charge in [-0.15, -0.1) is 0 Å². The molecule has 0 aliphatic heterocycles. The maximum atomic E-state index is 10.9. The Balaban J connectivity index is 2.79. The number of carboxylic acids is 1. The number of aliphatic hydroxyl groups excluding tert-OH is 1. The van der Waals surface area contributed by atoms with Crippen molar-refractivity contribution < 1.29 is 15.0 Å². The summed E-state index contributed by atoms with van der Waals surface area (Å²) in [5, 5.41) is 18.7. The molecule has 1 fully saturated rings. The largest absolute Gasteiger partial charge is 0.481 e. The molecule has 3 heteroatoms. The van der Waals surface area contributed by atoms with Crippen LogP contribution >= 0.6 is 0 Å². The van der Waals surface area contributed by atoms with Gasteiger partial charge in [-0.3, -0.25) is 4.79 Å². The SMILES string of the molecule is CC1(C)CC[C@@](C)(C(=O)O)[C@H](O)C1. The van der Waals surface area contributed by atoms with Crippen molar-refractivity contribution >= 4 is 5.97 Å². The number of rotatable bonds is 1. The van der Waals surface area contributed by atoms with Gasteiger partial charge in [-0.2, -0.15) is 0 Å². The Bertz CT molecular complexity index is 222. The van der Waals surface area contributed by atoms with Crippen LogP contribution in [0.3, 0.4) is 0 Å². The van der Waals surface area contributed by atoms with E-state index in [4.69, 9.17) is 5.11 Å². The van der Waals surface area contributed by atoms with Gasteiger partial charge in [0, 0.05) is 0 Å². The van der Waals surface area contributed by atoms with Gasteiger partial charge in [0.25, 0.3) is 0 Å². The molecule has 0 heterocycles. The highest BCUT2D eigenvalue weighted by Crippen LogP contribution is 2.44. The maximum Gasteiger partial charge on any atom is 0.311 e. The molecule has 1 aliphatic rings. The molecule has 0 amide bonds. The second-order valence-electron chi connectivity index (χ2n) is 5.11. The van der Waals surface area contributed by atoms with Crippen molar-refractivity contribution in [3.05, 3.63) is 0 Å². The third-order valence-corrected chi connectivity index (χ3v) is 3.29. The van der Waals surface area contributed by atoms with Gasteiger partial charge in [0.15, 0.2) is 0 Å². The van der Waals surface area contributed by atoms with Gasteiger partial charge in [0.2, 0.25) is 0 Å². The van der Waals surface area contributed by atoms with E-state index in [9.17, 15) is 9.90 Å². The van der Waals surface area contributed by atoms with Crippen molar-refractivity contribution in [2.75, 3.05) is 0 Å². The van der Waals surface area contributed by atoms with Crippen LogP contribution in [0.4, 0.5) is 0 Å². The molecule has 0 saturated heterocycles. The van der Waals surface area contributed by atoms with Crippen LogP contribution in [0.15, 0.2) is 0 Å². The zero-order valence-corrected chi connectivity index (χ0v) is 8.50. The van der Waals surface area contributed by atoms with Gasteiger partial charge < -0.3 is 10.2 Å². The summed E-state index contributed by atoms with van der Waals surface area (Å²) in [6, 6.07) is 0. The summed E-state index contributed by atoms with van der Waals surface area (Å²) < 4.78 is 0. The highest BCUT2D eigenvalue weighted by molar-refractivity contribution is 5.75. The zero-order valence-electron chi connectivity index (χ0n) is 8.50. The lowest BCUT2D eigenvalue weighted by atomic mass is 9.64. The van der Waals surface area contributed by atoms with Gasteiger partial charge in [0.05, 0.1) is 11.5 Å². The van der Waals surface area contributed by atoms with Gasteiger partial charge in [-0.05, 0) is 31.6 Å². The molecule has 0 radical (unpaired) electrons. The third kappa shape index (κ3) is 1.85. The van der Waals surface area contributed by atoms with Crippen molar-refractivity contribution in [1.29, 1.82) is 0 Å². The summed E-state index contributed by atoms with van der Waals surface area (Å²) in [5.74, 6) is -0.879. The molecule has 0 aromatic rings. The van der Waals surface area contributed by atoms with Gasteiger partial charge in [-0.25, -0.2) is 0 Å². The lowest BCUT2D eigenvalue weighted by Crippen LogP contribution is -2.46. The number of hydrogen-bond acceptors (Lipinski definition) is 2. The van der Waals surface area contributed by atoms with Crippen LogP contribution in [0.25, 0.3) is 0 Å². The molecule has 1 aliphatic carbocycles. The molecule has 0 unspecified atom stereocenters. The van der Waals surface area contributed by atoms with Crippen molar-refractivity contribution in [2.45, 2.75) is 46.1 Å². The predicted molar refractivity (Wildman–Crippen MR) is 49.4 cm³/mol. The summed E-state index contributed by atoms with van der Waals surface area (Å²) in [7, 11) is 0. The normalized spacial score (nSPS) is 38.6. The van der Waals surface area contributed by atoms with E-state index in [0.29, 0.717) is 12.8 Å². The van der Waals surface area contributed by atoms with E-state index in [2.05, 4.69) is 13.8 Å². The van der Waals surface area contributed by atoms with Crippen molar-refractivity contribution in [2.24, 2.45) is 10.8 Å². The highest BCUT2D eigenvalue weighted by atomic mass is 16.4. The van der Waals surface area contributed by atoms with Crippen LogP contribution in [-0.2, 0) is 4.79 Å². The average Bonchev–Trinajstić information content (AvgIpc) is 1.96. The molecule has 1 saturated carbocycles. The third-order valence-electron chi connectivity index (χ3n) is 3.29. The smallest absolute Gasteiger partial charge is 0.311 e. The van der Waals surface area contributed by atoms with E-state index in [1.54, 1.807) is 6.92 Å². The lowest BCUT2D eigenvalue weighted by molar-refractivity contribution is -0.161. The molecule has 0 aromatic heterocycles. The number of aliphatic hydroxyl groups is 1. The monoisotopic (exact) mass is 186 g/mol. The van der Waals surface area contributed by atoms with E-state index in [1.807, 2.05) is 0 Å². The Kier molecular flexibility index (Phi) is 2.41. The lowest BCUT2D eigenvalue weighted by Gasteiger charge is -2.42. The quantitative estimate of drug-likeness (QED) is 0.654. The fourth-order valence-electron chi connectivity index (χ4n) is 1.86. The topological polar surface area (TPSA) is 57.5 Å². The molecule has 0 bridgehead atoms. The minimum absolute atomic E-state index is 0.0778. The fourth-order valence-corrected chi connectivity index (χ4v) is 1.86. The summed E-state index contributed by atoms with van der Waals surface area (Å²) >= 11 is 0. The van der Waals surface area contributed by atoms with E-state index < -0.39 is 17.5 Å². The van der Waals surface area contributed by atoms with E-state index in [1.165, 1.54) is 0 Å². The first-order chi connectivity index (χ1) is 5.78. The van der Waals surface area contributed by atoms with Gasteiger partial charge in [0.1, 0.15) is 0 Å². The number of aliphatic carboxylic acids is 1. The van der Waals surface area contributed by atoms with Crippen LogP contribution in [0.2, 0.25) is 0 Å². The fraction of sp³-hybridized carbons (Fsp3) is 0.900. The first-order valence-electron chi connectivity index (χ1n) is 4.69. The molecule has 76 valence electrons. The van der Waals surface area contributed by atoms with Gasteiger partial charge in [-0.1, -0.05) is 13.8 Å². The highest BCUT2D eigenvalue weighted by Gasteiger charge is 2.47.